The predicted molar refractivity (Wildman–Crippen MR) is 111 cm³/mol. The molecule has 2 aromatic carbocycles. The van der Waals surface area contributed by atoms with Crippen LogP contribution in [-0.2, 0) is 11.2 Å². The minimum absolute atomic E-state index is 0.185. The SMILES string of the molecule is C[C@@H](NC(=O)c1ccccc1CCNC(=O)OC(C)(C)C)c1ccc(C#N)cc1. The summed E-state index contributed by atoms with van der Waals surface area (Å²) in [5.41, 5.74) is 2.35. The van der Waals surface area contributed by atoms with Gasteiger partial charge in [0.15, 0.2) is 0 Å². The number of alkyl carbamates (subject to hydrolysis) is 1. The Labute approximate surface area is 171 Å². The average molecular weight is 393 g/mol. The normalized spacial score (nSPS) is 11.8. The smallest absolute Gasteiger partial charge is 0.407 e. The van der Waals surface area contributed by atoms with Gasteiger partial charge in [-0.3, -0.25) is 4.79 Å². The van der Waals surface area contributed by atoms with Crippen LogP contribution in [0.25, 0.3) is 0 Å². The van der Waals surface area contributed by atoms with E-state index in [0.29, 0.717) is 24.1 Å². The highest BCUT2D eigenvalue weighted by atomic mass is 16.6. The van der Waals surface area contributed by atoms with Crippen molar-refractivity contribution in [3.63, 3.8) is 0 Å². The van der Waals surface area contributed by atoms with E-state index < -0.39 is 11.7 Å². The van der Waals surface area contributed by atoms with Gasteiger partial charge < -0.3 is 15.4 Å². The van der Waals surface area contributed by atoms with Crippen LogP contribution in [-0.4, -0.2) is 24.1 Å². The number of rotatable bonds is 6. The van der Waals surface area contributed by atoms with Crippen LogP contribution in [0.5, 0.6) is 0 Å². The zero-order valence-corrected chi connectivity index (χ0v) is 17.3. The first-order valence-electron chi connectivity index (χ1n) is 9.55. The third-order valence-electron chi connectivity index (χ3n) is 4.21. The molecular formula is C23H27N3O3. The van der Waals surface area contributed by atoms with E-state index in [1.807, 2.05) is 37.3 Å². The molecule has 0 aliphatic carbocycles. The van der Waals surface area contributed by atoms with Crippen molar-refractivity contribution in [1.29, 1.82) is 5.26 Å². The molecule has 0 unspecified atom stereocenters. The number of nitrogens with one attached hydrogen (secondary N) is 2. The van der Waals surface area contributed by atoms with Crippen LogP contribution in [0.4, 0.5) is 4.79 Å². The van der Waals surface area contributed by atoms with Gasteiger partial charge in [0.1, 0.15) is 5.60 Å². The summed E-state index contributed by atoms with van der Waals surface area (Å²) in [5.74, 6) is -0.185. The minimum Gasteiger partial charge on any atom is -0.444 e. The Hall–Kier alpha value is -3.33. The molecular weight excluding hydrogens is 366 g/mol. The number of ether oxygens (including phenoxy) is 1. The summed E-state index contributed by atoms with van der Waals surface area (Å²) in [4.78, 5) is 24.6. The molecule has 0 bridgehead atoms. The maximum absolute atomic E-state index is 12.8. The number of nitrogens with zero attached hydrogens (tertiary/aromatic N) is 1. The quantitative estimate of drug-likeness (QED) is 0.772. The van der Waals surface area contributed by atoms with Gasteiger partial charge in [-0.25, -0.2) is 4.79 Å². The fraction of sp³-hybridized carbons (Fsp3) is 0.348. The monoisotopic (exact) mass is 393 g/mol. The molecule has 0 radical (unpaired) electrons. The lowest BCUT2D eigenvalue weighted by molar-refractivity contribution is 0.0528. The highest BCUT2D eigenvalue weighted by molar-refractivity contribution is 5.96. The van der Waals surface area contributed by atoms with E-state index in [1.165, 1.54) is 0 Å². The van der Waals surface area contributed by atoms with Gasteiger partial charge in [0.2, 0.25) is 0 Å². The van der Waals surface area contributed by atoms with E-state index in [4.69, 9.17) is 10.00 Å². The van der Waals surface area contributed by atoms with Crippen LogP contribution in [0.2, 0.25) is 0 Å². The van der Waals surface area contributed by atoms with E-state index in [1.54, 1.807) is 39.0 Å². The topological polar surface area (TPSA) is 91.2 Å². The van der Waals surface area contributed by atoms with Gasteiger partial charge in [0, 0.05) is 12.1 Å². The van der Waals surface area contributed by atoms with Crippen molar-refractivity contribution in [2.24, 2.45) is 0 Å². The zero-order valence-electron chi connectivity index (χ0n) is 17.3. The molecule has 2 N–H and O–H groups in total. The fourth-order valence-corrected chi connectivity index (χ4v) is 2.78. The standard InChI is InChI=1S/C23H27N3O3/c1-16(18-11-9-17(15-24)10-12-18)26-21(27)20-8-6-5-7-19(20)13-14-25-22(28)29-23(2,3)4/h5-12,16H,13-14H2,1-4H3,(H,25,28)(H,26,27)/t16-/m1/s1. The summed E-state index contributed by atoms with van der Waals surface area (Å²) < 4.78 is 5.22. The maximum atomic E-state index is 12.8. The van der Waals surface area contributed by atoms with Crippen LogP contribution in [0.15, 0.2) is 48.5 Å². The minimum atomic E-state index is -0.552. The highest BCUT2D eigenvalue weighted by Crippen LogP contribution is 2.16. The lowest BCUT2D eigenvalue weighted by Gasteiger charge is -2.20. The molecule has 0 aliphatic rings. The Bertz CT molecular complexity index is 893. The molecule has 0 heterocycles. The number of benzene rings is 2. The van der Waals surface area contributed by atoms with Gasteiger partial charge >= 0.3 is 6.09 Å². The van der Waals surface area contributed by atoms with Crippen molar-refractivity contribution in [2.75, 3.05) is 6.54 Å². The van der Waals surface area contributed by atoms with E-state index in [0.717, 1.165) is 11.1 Å². The second-order valence-corrected chi connectivity index (χ2v) is 7.76. The van der Waals surface area contributed by atoms with Crippen LogP contribution < -0.4 is 10.6 Å². The summed E-state index contributed by atoms with van der Waals surface area (Å²) in [6, 6.07) is 16.3. The number of carbonyl (C=O) groups is 2. The lowest BCUT2D eigenvalue weighted by atomic mass is 10.0. The largest absolute Gasteiger partial charge is 0.444 e. The van der Waals surface area contributed by atoms with Crippen molar-refractivity contribution < 1.29 is 14.3 Å². The predicted octanol–water partition coefficient (Wildman–Crippen LogP) is 4.12. The first kappa shape index (κ1) is 22.0. The van der Waals surface area contributed by atoms with Gasteiger partial charge in [-0.15, -0.1) is 0 Å². The Morgan fingerprint density at radius 3 is 2.38 bits per heavy atom. The number of hydrogen-bond donors (Lipinski definition) is 2. The number of nitriles is 1. The summed E-state index contributed by atoms with van der Waals surface area (Å²) in [5, 5.41) is 14.6. The third-order valence-corrected chi connectivity index (χ3v) is 4.21. The Balaban J connectivity index is 1.98. The Kier molecular flexibility index (Phi) is 7.38. The van der Waals surface area contributed by atoms with Crippen molar-refractivity contribution in [2.45, 2.75) is 45.8 Å². The highest BCUT2D eigenvalue weighted by Gasteiger charge is 2.17. The van der Waals surface area contributed by atoms with Gasteiger partial charge in [-0.2, -0.15) is 5.26 Å². The van der Waals surface area contributed by atoms with E-state index in [-0.39, 0.29) is 11.9 Å². The molecule has 0 saturated heterocycles. The van der Waals surface area contributed by atoms with Crippen LogP contribution in [0.3, 0.4) is 0 Å². The van der Waals surface area contributed by atoms with Gasteiger partial charge in [0.25, 0.3) is 5.91 Å². The molecule has 0 spiro atoms. The van der Waals surface area contributed by atoms with E-state index in [9.17, 15) is 9.59 Å². The summed E-state index contributed by atoms with van der Waals surface area (Å²) in [6.45, 7) is 7.68. The summed E-state index contributed by atoms with van der Waals surface area (Å²) in [6.07, 6.45) is 0.0301. The van der Waals surface area contributed by atoms with Crippen molar-refractivity contribution in [3.8, 4) is 6.07 Å². The van der Waals surface area contributed by atoms with E-state index in [2.05, 4.69) is 16.7 Å². The third kappa shape index (κ3) is 6.96. The maximum Gasteiger partial charge on any atom is 0.407 e. The molecule has 2 rings (SSSR count). The second kappa shape index (κ2) is 9.74. The number of amides is 2. The van der Waals surface area contributed by atoms with Gasteiger partial charge in [-0.05, 0) is 63.4 Å². The first-order chi connectivity index (χ1) is 13.7. The molecule has 29 heavy (non-hydrogen) atoms. The molecule has 0 aromatic heterocycles. The van der Waals surface area contributed by atoms with Crippen LogP contribution >= 0.6 is 0 Å². The van der Waals surface area contributed by atoms with E-state index >= 15 is 0 Å². The zero-order chi connectivity index (χ0) is 21.4. The molecule has 0 aliphatic heterocycles. The van der Waals surface area contributed by atoms with Gasteiger partial charge in [0.05, 0.1) is 17.7 Å². The van der Waals surface area contributed by atoms with Crippen molar-refractivity contribution in [3.05, 3.63) is 70.8 Å². The molecule has 0 saturated carbocycles. The first-order valence-corrected chi connectivity index (χ1v) is 9.55. The Morgan fingerprint density at radius 1 is 1.10 bits per heavy atom. The summed E-state index contributed by atoms with van der Waals surface area (Å²) >= 11 is 0. The number of hydrogen-bond acceptors (Lipinski definition) is 4. The van der Waals surface area contributed by atoms with Crippen molar-refractivity contribution in [1.82, 2.24) is 10.6 Å². The molecule has 6 nitrogen and oxygen atoms in total. The average Bonchev–Trinajstić information content (AvgIpc) is 2.67. The van der Waals surface area contributed by atoms with Crippen molar-refractivity contribution >= 4 is 12.0 Å². The second-order valence-electron chi connectivity index (χ2n) is 7.76. The van der Waals surface area contributed by atoms with Crippen LogP contribution in [0.1, 0.15) is 60.8 Å². The van der Waals surface area contributed by atoms with Gasteiger partial charge in [-0.1, -0.05) is 30.3 Å². The number of carbonyl (C=O) groups excluding carboxylic acids is 2. The summed E-state index contributed by atoms with van der Waals surface area (Å²) in [7, 11) is 0. The lowest BCUT2D eigenvalue weighted by Crippen LogP contribution is -2.34. The molecule has 2 aromatic rings. The fourth-order valence-electron chi connectivity index (χ4n) is 2.78. The Morgan fingerprint density at radius 2 is 1.76 bits per heavy atom. The molecule has 0 fully saturated rings. The molecule has 6 heteroatoms. The molecule has 1 atom stereocenters. The molecule has 2 amide bonds. The van der Waals surface area contributed by atoms with Crippen LogP contribution in [0, 0.1) is 11.3 Å². The molecule has 152 valence electrons.